The average Bonchev–Trinajstić information content (AvgIpc) is 2.01. The molecule has 0 saturated heterocycles. The molecule has 0 amide bonds. The number of benzene rings is 1. The molecule has 0 heterocycles. The summed E-state index contributed by atoms with van der Waals surface area (Å²) in [5.41, 5.74) is -0.745. The van der Waals surface area contributed by atoms with Crippen LogP contribution in [-0.4, -0.2) is 8.42 Å². The first-order valence-corrected chi connectivity index (χ1v) is 4.39. The van der Waals surface area contributed by atoms with Gasteiger partial charge in [0, 0.05) is 12.1 Å². The molecular weight excluding hydrogens is 221 g/mol. The molecule has 3 nitrogen and oxygen atoms in total. The summed E-state index contributed by atoms with van der Waals surface area (Å²) in [7, 11) is -3.24. The minimum Gasteiger partial charge on any atom is -0.261 e. The molecule has 0 unspecified atom stereocenters. The number of hydrogen-bond donors (Lipinski definition) is 1. The predicted molar refractivity (Wildman–Crippen MR) is 41.1 cm³/mol. The van der Waals surface area contributed by atoms with E-state index >= 15 is 0 Å². The Hall–Kier alpha value is -1.08. The highest BCUT2D eigenvalue weighted by Gasteiger charge is 2.12. The SMILES string of the molecule is O=[SH](=O)O[CH]c1c(F)cc(F)cc1F. The lowest BCUT2D eigenvalue weighted by Gasteiger charge is -2.01. The van der Waals surface area contributed by atoms with Crippen LogP contribution in [0.2, 0.25) is 0 Å². The fraction of sp³-hybridized carbons (Fsp3) is 0. The summed E-state index contributed by atoms with van der Waals surface area (Å²) in [4.78, 5) is 0. The maximum absolute atomic E-state index is 12.8. The number of halogens is 3. The van der Waals surface area contributed by atoms with Crippen molar-refractivity contribution >= 4 is 11.0 Å². The number of hydrogen-bond acceptors (Lipinski definition) is 3. The van der Waals surface area contributed by atoms with E-state index in [4.69, 9.17) is 0 Å². The molecule has 0 N–H and O–H groups in total. The van der Waals surface area contributed by atoms with Gasteiger partial charge in [-0.15, -0.1) is 0 Å². The summed E-state index contributed by atoms with van der Waals surface area (Å²) < 4.78 is 61.6. The molecule has 0 fully saturated rings. The van der Waals surface area contributed by atoms with Gasteiger partial charge in [0.2, 0.25) is 0 Å². The molecule has 0 bridgehead atoms. The Morgan fingerprint density at radius 3 is 2.07 bits per heavy atom. The lowest BCUT2D eigenvalue weighted by molar-refractivity contribution is 0.414. The van der Waals surface area contributed by atoms with Gasteiger partial charge in [-0.25, -0.2) is 21.6 Å². The molecule has 1 aromatic carbocycles. The van der Waals surface area contributed by atoms with Crippen molar-refractivity contribution in [2.75, 3.05) is 0 Å². The summed E-state index contributed by atoms with van der Waals surface area (Å²) in [6, 6.07) is 0.826. The van der Waals surface area contributed by atoms with Crippen LogP contribution in [0.4, 0.5) is 13.2 Å². The van der Waals surface area contributed by atoms with Crippen molar-refractivity contribution in [3.8, 4) is 0 Å². The Kier molecular flexibility index (Phi) is 3.48. The molecule has 0 atom stereocenters. The van der Waals surface area contributed by atoms with Gasteiger partial charge in [-0.05, 0) is 0 Å². The van der Waals surface area contributed by atoms with E-state index in [1.807, 2.05) is 0 Å². The minimum absolute atomic E-state index is 0.357. The first kappa shape index (κ1) is 11.0. The van der Waals surface area contributed by atoms with Gasteiger partial charge >= 0.3 is 0 Å². The lowest BCUT2D eigenvalue weighted by atomic mass is 10.2. The zero-order chi connectivity index (χ0) is 10.7. The maximum atomic E-state index is 12.8. The molecule has 1 aromatic rings. The molecule has 0 aliphatic rings. The molecule has 77 valence electrons. The largest absolute Gasteiger partial charge is 0.261 e. The molecule has 0 aliphatic carbocycles. The van der Waals surface area contributed by atoms with Crippen molar-refractivity contribution in [3.63, 3.8) is 0 Å². The van der Waals surface area contributed by atoms with E-state index in [2.05, 4.69) is 4.18 Å². The summed E-state index contributed by atoms with van der Waals surface area (Å²) in [6.07, 6.45) is 0. The lowest BCUT2D eigenvalue weighted by Crippen LogP contribution is -1.98. The van der Waals surface area contributed by atoms with Crippen molar-refractivity contribution in [1.29, 1.82) is 0 Å². The van der Waals surface area contributed by atoms with Gasteiger partial charge in [-0.3, -0.25) is 4.18 Å². The van der Waals surface area contributed by atoms with E-state index < -0.39 is 34.0 Å². The molecule has 0 saturated carbocycles. The maximum Gasteiger partial charge on any atom is 0.257 e. The monoisotopic (exact) mass is 225 g/mol. The van der Waals surface area contributed by atoms with E-state index in [0.717, 1.165) is 0 Å². The van der Waals surface area contributed by atoms with Gasteiger partial charge < -0.3 is 0 Å². The van der Waals surface area contributed by atoms with Crippen molar-refractivity contribution in [2.24, 2.45) is 0 Å². The summed E-state index contributed by atoms with van der Waals surface area (Å²) >= 11 is 0. The first-order valence-electron chi connectivity index (χ1n) is 3.29. The number of rotatable bonds is 3. The Morgan fingerprint density at radius 1 is 1.14 bits per heavy atom. The molecule has 0 aromatic heterocycles. The molecule has 0 aliphatic heterocycles. The minimum atomic E-state index is -3.24. The van der Waals surface area contributed by atoms with E-state index in [-0.39, 0.29) is 0 Å². The van der Waals surface area contributed by atoms with E-state index in [0.29, 0.717) is 18.7 Å². The molecule has 1 radical (unpaired) electrons. The Labute approximate surface area is 79.3 Å². The first-order chi connectivity index (χ1) is 6.50. The zero-order valence-corrected chi connectivity index (χ0v) is 7.43. The van der Waals surface area contributed by atoms with Gasteiger partial charge in [-0.2, -0.15) is 0 Å². The fourth-order valence-electron chi connectivity index (χ4n) is 0.762. The number of thiol groups is 1. The van der Waals surface area contributed by atoms with Gasteiger partial charge in [0.15, 0.2) is 0 Å². The highest BCUT2D eigenvalue weighted by Crippen LogP contribution is 2.16. The van der Waals surface area contributed by atoms with Crippen LogP contribution in [0.3, 0.4) is 0 Å². The quantitative estimate of drug-likeness (QED) is 0.785. The van der Waals surface area contributed by atoms with Crippen LogP contribution in [-0.2, 0) is 15.2 Å². The Bertz CT molecular complexity index is 386. The van der Waals surface area contributed by atoms with Crippen LogP contribution < -0.4 is 0 Å². The summed E-state index contributed by atoms with van der Waals surface area (Å²) in [6.45, 7) is 0.357. The smallest absolute Gasteiger partial charge is 0.257 e. The normalized spacial score (nSPS) is 10.9. The molecule has 0 spiro atoms. The predicted octanol–water partition coefficient (Wildman–Crippen LogP) is 1.16. The third-order valence-corrected chi connectivity index (χ3v) is 1.58. The third-order valence-electron chi connectivity index (χ3n) is 1.30. The Morgan fingerprint density at radius 2 is 1.64 bits per heavy atom. The van der Waals surface area contributed by atoms with Crippen LogP contribution in [0.5, 0.6) is 0 Å². The zero-order valence-electron chi connectivity index (χ0n) is 6.54. The highest BCUT2D eigenvalue weighted by atomic mass is 32.2. The van der Waals surface area contributed by atoms with Crippen molar-refractivity contribution in [3.05, 3.63) is 41.8 Å². The van der Waals surface area contributed by atoms with E-state index in [1.54, 1.807) is 0 Å². The van der Waals surface area contributed by atoms with Gasteiger partial charge in [-0.1, -0.05) is 0 Å². The molecular formula is C7H4F3O3S. The molecule has 14 heavy (non-hydrogen) atoms. The Balaban J connectivity index is 2.96. The second kappa shape index (κ2) is 4.43. The average molecular weight is 225 g/mol. The van der Waals surface area contributed by atoms with Crippen molar-refractivity contribution < 1.29 is 25.8 Å². The topological polar surface area (TPSA) is 43.4 Å². The van der Waals surface area contributed by atoms with Crippen LogP contribution in [0.15, 0.2) is 12.1 Å². The van der Waals surface area contributed by atoms with E-state index in [1.165, 1.54) is 0 Å². The third kappa shape index (κ3) is 2.71. The second-order valence-electron chi connectivity index (χ2n) is 2.23. The second-order valence-corrected chi connectivity index (χ2v) is 2.89. The van der Waals surface area contributed by atoms with Crippen LogP contribution >= 0.6 is 0 Å². The molecule has 1 rings (SSSR count). The van der Waals surface area contributed by atoms with Crippen LogP contribution in [0.1, 0.15) is 5.56 Å². The van der Waals surface area contributed by atoms with Crippen LogP contribution in [0.25, 0.3) is 0 Å². The van der Waals surface area contributed by atoms with E-state index in [9.17, 15) is 21.6 Å². The standard InChI is InChI=1S/C7H4F3O3S/c8-4-1-6(9)5(7(10)2-4)3-13-14(11)12/h1-3,14H. The van der Waals surface area contributed by atoms with Crippen LogP contribution in [0, 0.1) is 24.1 Å². The summed E-state index contributed by atoms with van der Waals surface area (Å²) in [5, 5.41) is 0. The molecule has 7 heteroatoms. The summed E-state index contributed by atoms with van der Waals surface area (Å²) in [5.74, 6) is -3.57. The van der Waals surface area contributed by atoms with Gasteiger partial charge in [0.25, 0.3) is 11.0 Å². The fourth-order valence-corrected chi connectivity index (χ4v) is 0.953. The van der Waals surface area contributed by atoms with Crippen molar-refractivity contribution in [2.45, 2.75) is 0 Å². The highest BCUT2D eigenvalue weighted by molar-refractivity contribution is 7.67. The van der Waals surface area contributed by atoms with Gasteiger partial charge in [0.1, 0.15) is 24.1 Å². The van der Waals surface area contributed by atoms with Gasteiger partial charge in [0.05, 0.1) is 5.56 Å². The van der Waals surface area contributed by atoms with Crippen molar-refractivity contribution in [1.82, 2.24) is 0 Å².